The van der Waals surface area contributed by atoms with Gasteiger partial charge in [0.1, 0.15) is 5.75 Å². The first-order valence-corrected chi connectivity index (χ1v) is 9.30. The molecule has 0 saturated heterocycles. The monoisotopic (exact) mass is 238 g/mol. The number of benzene rings is 1. The van der Waals surface area contributed by atoms with Crippen LogP contribution in [0.3, 0.4) is 0 Å². The van der Waals surface area contributed by atoms with Crippen LogP contribution in [0.15, 0.2) is 30.3 Å². The molecule has 1 rings (SSSR count). The van der Waals surface area contributed by atoms with Gasteiger partial charge < -0.3 is 9.16 Å². The summed E-state index contributed by atoms with van der Waals surface area (Å²) in [7, 11) is -1.32. The molecule has 16 heavy (non-hydrogen) atoms. The number of hydrogen-bond donors (Lipinski definition) is 0. The quantitative estimate of drug-likeness (QED) is 0.533. The first kappa shape index (κ1) is 13.3. The van der Waals surface area contributed by atoms with E-state index in [1.54, 1.807) is 0 Å². The zero-order chi connectivity index (χ0) is 11.9. The average molecular weight is 238 g/mol. The molecule has 0 aliphatic rings. The highest BCUT2D eigenvalue weighted by molar-refractivity contribution is 6.69. The lowest BCUT2D eigenvalue weighted by Crippen LogP contribution is -2.25. The Morgan fingerprint density at radius 3 is 2.19 bits per heavy atom. The van der Waals surface area contributed by atoms with Crippen molar-refractivity contribution < 1.29 is 9.16 Å². The Morgan fingerprint density at radius 2 is 1.56 bits per heavy atom. The third kappa shape index (κ3) is 6.64. The Labute approximate surface area is 99.7 Å². The molecule has 0 aliphatic heterocycles. The molecule has 0 fully saturated rings. The SMILES string of the molecule is C[Si](C)(C)OCCCCOc1ccccc1. The normalized spacial score (nSPS) is 11.4. The standard InChI is InChI=1S/C13H22O2Si/c1-16(2,3)15-12-8-7-11-14-13-9-5-4-6-10-13/h4-6,9-10H,7-8,11-12H2,1-3H3. The molecule has 3 heteroatoms. The molecule has 0 N–H and O–H groups in total. The van der Waals surface area contributed by atoms with Gasteiger partial charge in [0.15, 0.2) is 8.32 Å². The Balaban J connectivity index is 2.01. The minimum Gasteiger partial charge on any atom is -0.494 e. The molecule has 0 unspecified atom stereocenters. The largest absolute Gasteiger partial charge is 0.494 e. The molecule has 0 heterocycles. The van der Waals surface area contributed by atoms with Gasteiger partial charge in [-0.1, -0.05) is 18.2 Å². The van der Waals surface area contributed by atoms with Crippen LogP contribution in [0.5, 0.6) is 5.75 Å². The van der Waals surface area contributed by atoms with Crippen LogP contribution in [-0.2, 0) is 4.43 Å². The highest BCUT2D eigenvalue weighted by Crippen LogP contribution is 2.09. The van der Waals surface area contributed by atoms with Crippen molar-refractivity contribution in [2.75, 3.05) is 13.2 Å². The second-order valence-corrected chi connectivity index (χ2v) is 9.34. The van der Waals surface area contributed by atoms with Crippen molar-refractivity contribution >= 4 is 8.32 Å². The van der Waals surface area contributed by atoms with E-state index in [0.717, 1.165) is 31.8 Å². The van der Waals surface area contributed by atoms with E-state index >= 15 is 0 Å². The molecule has 0 saturated carbocycles. The van der Waals surface area contributed by atoms with Crippen molar-refractivity contribution in [2.24, 2.45) is 0 Å². The van der Waals surface area contributed by atoms with E-state index in [0.29, 0.717) is 0 Å². The molecule has 90 valence electrons. The van der Waals surface area contributed by atoms with Crippen LogP contribution in [0.1, 0.15) is 12.8 Å². The molecule has 2 nitrogen and oxygen atoms in total. The first-order chi connectivity index (χ1) is 7.58. The summed E-state index contributed by atoms with van der Waals surface area (Å²) >= 11 is 0. The summed E-state index contributed by atoms with van der Waals surface area (Å²) in [6, 6.07) is 9.94. The van der Waals surface area contributed by atoms with Gasteiger partial charge in [0.05, 0.1) is 6.61 Å². The maximum absolute atomic E-state index is 5.76. The molecule has 1 aromatic carbocycles. The zero-order valence-corrected chi connectivity index (χ0v) is 11.5. The summed E-state index contributed by atoms with van der Waals surface area (Å²) in [5.41, 5.74) is 0. The van der Waals surface area contributed by atoms with Crippen molar-refractivity contribution in [3.8, 4) is 5.75 Å². The number of ether oxygens (including phenoxy) is 1. The minimum atomic E-state index is -1.32. The van der Waals surface area contributed by atoms with E-state index < -0.39 is 8.32 Å². The molecule has 0 spiro atoms. The highest BCUT2D eigenvalue weighted by Gasteiger charge is 2.12. The van der Waals surface area contributed by atoms with E-state index in [4.69, 9.17) is 9.16 Å². The fourth-order valence-electron chi connectivity index (χ4n) is 1.29. The molecule has 0 radical (unpaired) electrons. The van der Waals surface area contributed by atoms with Gasteiger partial charge >= 0.3 is 0 Å². The fourth-order valence-corrected chi connectivity index (χ4v) is 2.05. The van der Waals surface area contributed by atoms with Gasteiger partial charge in [-0.2, -0.15) is 0 Å². The van der Waals surface area contributed by atoms with Gasteiger partial charge in [0, 0.05) is 6.61 Å². The van der Waals surface area contributed by atoms with Crippen LogP contribution in [0.25, 0.3) is 0 Å². The Morgan fingerprint density at radius 1 is 0.938 bits per heavy atom. The topological polar surface area (TPSA) is 18.5 Å². The molecule has 0 bridgehead atoms. The summed E-state index contributed by atoms with van der Waals surface area (Å²) in [6.07, 6.45) is 2.14. The zero-order valence-electron chi connectivity index (χ0n) is 10.5. The number of hydrogen-bond acceptors (Lipinski definition) is 2. The van der Waals surface area contributed by atoms with Gasteiger partial charge in [-0.3, -0.25) is 0 Å². The van der Waals surface area contributed by atoms with E-state index in [1.165, 1.54) is 0 Å². The van der Waals surface area contributed by atoms with Crippen molar-refractivity contribution in [3.63, 3.8) is 0 Å². The maximum Gasteiger partial charge on any atom is 0.183 e. The Bertz CT molecular complexity index is 280. The fraction of sp³-hybridized carbons (Fsp3) is 0.538. The van der Waals surface area contributed by atoms with Gasteiger partial charge in [0.25, 0.3) is 0 Å². The van der Waals surface area contributed by atoms with E-state index in [9.17, 15) is 0 Å². The summed E-state index contributed by atoms with van der Waals surface area (Å²) in [4.78, 5) is 0. The number of rotatable bonds is 7. The highest BCUT2D eigenvalue weighted by atomic mass is 28.4. The van der Waals surface area contributed by atoms with Crippen LogP contribution in [0.2, 0.25) is 19.6 Å². The van der Waals surface area contributed by atoms with Gasteiger partial charge in [0.2, 0.25) is 0 Å². The van der Waals surface area contributed by atoms with Gasteiger partial charge in [-0.25, -0.2) is 0 Å². The molecule has 0 aromatic heterocycles. The molecular formula is C13H22O2Si. The van der Waals surface area contributed by atoms with Crippen LogP contribution >= 0.6 is 0 Å². The summed E-state index contributed by atoms with van der Waals surface area (Å²) in [5.74, 6) is 0.952. The Hall–Kier alpha value is -0.803. The summed E-state index contributed by atoms with van der Waals surface area (Å²) in [6.45, 7) is 8.29. The Kier molecular flexibility index (Phi) is 5.56. The third-order valence-corrected chi connectivity index (χ3v) is 3.16. The molecule has 0 amide bonds. The smallest absolute Gasteiger partial charge is 0.183 e. The van der Waals surface area contributed by atoms with E-state index in [2.05, 4.69) is 19.6 Å². The third-order valence-electron chi connectivity index (χ3n) is 2.09. The number of unbranched alkanes of at least 4 members (excludes halogenated alkanes) is 1. The van der Waals surface area contributed by atoms with Crippen LogP contribution in [-0.4, -0.2) is 21.5 Å². The second-order valence-electron chi connectivity index (χ2n) is 4.83. The average Bonchev–Trinajstić information content (AvgIpc) is 2.23. The van der Waals surface area contributed by atoms with Crippen LogP contribution in [0, 0.1) is 0 Å². The van der Waals surface area contributed by atoms with Crippen molar-refractivity contribution in [2.45, 2.75) is 32.5 Å². The predicted molar refractivity (Wildman–Crippen MR) is 70.5 cm³/mol. The summed E-state index contributed by atoms with van der Waals surface area (Å²) in [5, 5.41) is 0. The van der Waals surface area contributed by atoms with Gasteiger partial charge in [-0.05, 0) is 44.6 Å². The molecule has 0 aliphatic carbocycles. The summed E-state index contributed by atoms with van der Waals surface area (Å²) < 4.78 is 11.4. The van der Waals surface area contributed by atoms with Crippen molar-refractivity contribution in [1.29, 1.82) is 0 Å². The predicted octanol–water partition coefficient (Wildman–Crippen LogP) is 3.70. The van der Waals surface area contributed by atoms with Crippen LogP contribution < -0.4 is 4.74 Å². The van der Waals surface area contributed by atoms with Crippen molar-refractivity contribution in [1.82, 2.24) is 0 Å². The lowest BCUT2D eigenvalue weighted by atomic mass is 10.3. The van der Waals surface area contributed by atoms with E-state index in [-0.39, 0.29) is 0 Å². The van der Waals surface area contributed by atoms with Crippen LogP contribution in [0.4, 0.5) is 0 Å². The van der Waals surface area contributed by atoms with Gasteiger partial charge in [-0.15, -0.1) is 0 Å². The maximum atomic E-state index is 5.76. The molecule has 0 atom stereocenters. The molecular weight excluding hydrogens is 216 g/mol. The number of para-hydroxylation sites is 1. The lowest BCUT2D eigenvalue weighted by molar-refractivity contribution is 0.263. The minimum absolute atomic E-state index is 0.777. The van der Waals surface area contributed by atoms with Crippen molar-refractivity contribution in [3.05, 3.63) is 30.3 Å². The first-order valence-electron chi connectivity index (χ1n) is 5.90. The second kappa shape index (κ2) is 6.71. The molecule has 1 aromatic rings. The lowest BCUT2D eigenvalue weighted by Gasteiger charge is -2.16. The van der Waals surface area contributed by atoms with E-state index in [1.807, 2.05) is 30.3 Å².